The fourth-order valence-corrected chi connectivity index (χ4v) is 2.41. The molecule has 0 radical (unpaired) electrons. The van der Waals surface area contributed by atoms with Crippen LogP contribution >= 0.6 is 12.4 Å². The number of phenols is 1. The molecule has 2 rings (SSSR count). The van der Waals surface area contributed by atoms with Crippen LogP contribution in [0.5, 0.6) is 5.75 Å². The molecule has 5 N–H and O–H groups in total. The van der Waals surface area contributed by atoms with Gasteiger partial charge in [-0.2, -0.15) is 0 Å². The molecule has 1 aliphatic rings. The summed E-state index contributed by atoms with van der Waals surface area (Å²) in [4.78, 5) is 11.0. The summed E-state index contributed by atoms with van der Waals surface area (Å²) < 4.78 is 0. The molecule has 1 aromatic rings. The largest absolute Gasteiger partial charge is 0.507 e. The molecule has 0 bridgehead atoms. The zero-order chi connectivity index (χ0) is 13.1. The Bertz CT molecular complexity index is 448. The molecule has 1 aromatic carbocycles. The third-order valence-electron chi connectivity index (χ3n) is 3.53. The molecule has 19 heavy (non-hydrogen) atoms. The number of aromatic hydroxyl groups is 1. The highest BCUT2D eigenvalue weighted by atomic mass is 35.5. The van der Waals surface area contributed by atoms with Crippen LogP contribution in [0.1, 0.15) is 34.8 Å². The number of carbonyl (C=O) groups is 1. The summed E-state index contributed by atoms with van der Waals surface area (Å²) in [6.07, 6.45) is 1.98. The number of benzene rings is 1. The van der Waals surface area contributed by atoms with E-state index >= 15 is 0 Å². The summed E-state index contributed by atoms with van der Waals surface area (Å²) in [6, 6.07) is 4.41. The lowest BCUT2D eigenvalue weighted by atomic mass is 9.86. The SMILES string of the molecule is Cl.N[C@@H](c1ccc(O)c(C(=O)O)c1)C1CCNCC1. The molecule has 0 aromatic heterocycles. The number of halogens is 1. The lowest BCUT2D eigenvalue weighted by Gasteiger charge is -2.28. The van der Waals surface area contributed by atoms with Crippen LogP contribution in [0, 0.1) is 5.92 Å². The number of piperidine rings is 1. The Morgan fingerprint density at radius 1 is 1.37 bits per heavy atom. The lowest BCUT2D eigenvalue weighted by Crippen LogP contribution is -2.33. The average molecular weight is 287 g/mol. The summed E-state index contributed by atoms with van der Waals surface area (Å²) >= 11 is 0. The van der Waals surface area contributed by atoms with E-state index in [1.807, 2.05) is 0 Å². The lowest BCUT2D eigenvalue weighted by molar-refractivity contribution is 0.0693. The van der Waals surface area contributed by atoms with E-state index in [0.29, 0.717) is 5.92 Å². The van der Waals surface area contributed by atoms with Crippen LogP contribution in [0.2, 0.25) is 0 Å². The number of hydrogen-bond donors (Lipinski definition) is 4. The first-order chi connectivity index (χ1) is 8.59. The van der Waals surface area contributed by atoms with Crippen molar-refractivity contribution in [2.45, 2.75) is 18.9 Å². The van der Waals surface area contributed by atoms with Crippen molar-refractivity contribution < 1.29 is 15.0 Å². The molecule has 0 aliphatic carbocycles. The van der Waals surface area contributed by atoms with E-state index in [9.17, 15) is 9.90 Å². The molecule has 106 valence electrons. The van der Waals surface area contributed by atoms with Crippen LogP contribution in [-0.2, 0) is 0 Å². The normalized spacial score (nSPS) is 17.5. The highest BCUT2D eigenvalue weighted by Gasteiger charge is 2.23. The summed E-state index contributed by atoms with van der Waals surface area (Å²) in [5, 5.41) is 21.7. The molecule has 1 heterocycles. The molecule has 0 saturated carbocycles. The number of aromatic carboxylic acids is 1. The predicted molar refractivity (Wildman–Crippen MR) is 74.8 cm³/mol. The second-order valence-corrected chi connectivity index (χ2v) is 4.69. The Morgan fingerprint density at radius 3 is 2.58 bits per heavy atom. The highest BCUT2D eigenvalue weighted by molar-refractivity contribution is 5.90. The van der Waals surface area contributed by atoms with E-state index < -0.39 is 5.97 Å². The standard InChI is InChI=1S/C13H18N2O3.ClH/c14-12(8-3-5-15-6-4-8)9-1-2-11(16)10(7-9)13(17)18;/h1-2,7-8,12,15-16H,3-6,14H2,(H,17,18);1H/t12-;/m1./s1. The maximum Gasteiger partial charge on any atom is 0.339 e. The Balaban J connectivity index is 0.00000180. The van der Waals surface area contributed by atoms with Crippen LogP contribution < -0.4 is 11.1 Å². The van der Waals surface area contributed by atoms with Gasteiger partial charge in [0.1, 0.15) is 11.3 Å². The molecule has 1 atom stereocenters. The maximum atomic E-state index is 11.0. The van der Waals surface area contributed by atoms with Gasteiger partial charge in [-0.15, -0.1) is 12.4 Å². The first kappa shape index (κ1) is 15.8. The quantitative estimate of drug-likeness (QED) is 0.675. The Morgan fingerprint density at radius 2 is 2.00 bits per heavy atom. The zero-order valence-electron chi connectivity index (χ0n) is 10.5. The van der Waals surface area contributed by atoms with Crippen molar-refractivity contribution in [3.8, 4) is 5.75 Å². The van der Waals surface area contributed by atoms with Gasteiger partial charge in [-0.05, 0) is 49.5 Å². The van der Waals surface area contributed by atoms with Gasteiger partial charge in [0.15, 0.2) is 0 Å². The number of carboxylic acid groups (broad SMARTS) is 1. The zero-order valence-corrected chi connectivity index (χ0v) is 11.3. The summed E-state index contributed by atoms with van der Waals surface area (Å²) in [7, 11) is 0. The highest BCUT2D eigenvalue weighted by Crippen LogP contribution is 2.29. The van der Waals surface area contributed by atoms with Crippen LogP contribution in [-0.4, -0.2) is 29.3 Å². The minimum absolute atomic E-state index is 0. The Hall–Kier alpha value is -1.30. The van der Waals surface area contributed by atoms with Gasteiger partial charge in [0.2, 0.25) is 0 Å². The minimum atomic E-state index is -1.13. The van der Waals surface area contributed by atoms with Crippen LogP contribution in [0.4, 0.5) is 0 Å². The summed E-state index contributed by atoms with van der Waals surface area (Å²) in [5.74, 6) is -0.993. The van der Waals surface area contributed by atoms with Gasteiger partial charge >= 0.3 is 5.97 Å². The molecule has 0 spiro atoms. The van der Waals surface area contributed by atoms with Gasteiger partial charge in [-0.1, -0.05) is 6.07 Å². The molecular weight excluding hydrogens is 268 g/mol. The maximum absolute atomic E-state index is 11.0. The van der Waals surface area contributed by atoms with Gasteiger partial charge in [0.05, 0.1) is 0 Å². The van der Waals surface area contributed by atoms with Crippen molar-refractivity contribution in [2.75, 3.05) is 13.1 Å². The Labute approximate surface area is 118 Å². The molecule has 5 nitrogen and oxygen atoms in total. The van der Waals surface area contributed by atoms with Crippen molar-refractivity contribution in [1.29, 1.82) is 0 Å². The van der Waals surface area contributed by atoms with E-state index in [-0.39, 0.29) is 29.8 Å². The Kier molecular flexibility index (Phi) is 5.60. The van der Waals surface area contributed by atoms with Gasteiger partial charge in [0, 0.05) is 6.04 Å². The average Bonchev–Trinajstić information content (AvgIpc) is 2.39. The van der Waals surface area contributed by atoms with Crippen LogP contribution in [0.15, 0.2) is 18.2 Å². The van der Waals surface area contributed by atoms with Gasteiger partial charge in [-0.3, -0.25) is 0 Å². The van der Waals surface area contributed by atoms with E-state index in [2.05, 4.69) is 5.32 Å². The third kappa shape index (κ3) is 3.59. The van der Waals surface area contributed by atoms with E-state index in [1.54, 1.807) is 6.07 Å². The number of nitrogens with two attached hydrogens (primary N) is 1. The first-order valence-electron chi connectivity index (χ1n) is 6.12. The molecule has 1 aliphatic heterocycles. The van der Waals surface area contributed by atoms with E-state index in [4.69, 9.17) is 10.8 Å². The van der Waals surface area contributed by atoms with Gasteiger partial charge in [-0.25, -0.2) is 4.79 Å². The van der Waals surface area contributed by atoms with E-state index in [0.717, 1.165) is 31.5 Å². The van der Waals surface area contributed by atoms with Crippen molar-refractivity contribution in [2.24, 2.45) is 11.7 Å². The molecule has 1 saturated heterocycles. The van der Waals surface area contributed by atoms with Gasteiger partial charge < -0.3 is 21.3 Å². The van der Waals surface area contributed by atoms with Crippen molar-refractivity contribution >= 4 is 18.4 Å². The number of nitrogens with one attached hydrogen (secondary N) is 1. The minimum Gasteiger partial charge on any atom is -0.507 e. The predicted octanol–water partition coefficient (Wildman–Crippen LogP) is 1.51. The fraction of sp³-hybridized carbons (Fsp3) is 0.462. The van der Waals surface area contributed by atoms with Crippen molar-refractivity contribution in [1.82, 2.24) is 5.32 Å². The second-order valence-electron chi connectivity index (χ2n) is 4.69. The molecular formula is C13H19ClN2O3. The smallest absolute Gasteiger partial charge is 0.339 e. The molecule has 0 amide bonds. The number of rotatable bonds is 3. The fourth-order valence-electron chi connectivity index (χ4n) is 2.41. The third-order valence-corrected chi connectivity index (χ3v) is 3.53. The molecule has 0 unspecified atom stereocenters. The summed E-state index contributed by atoms with van der Waals surface area (Å²) in [5.41, 5.74) is 6.88. The topological polar surface area (TPSA) is 95.6 Å². The monoisotopic (exact) mass is 286 g/mol. The van der Waals surface area contributed by atoms with Crippen molar-refractivity contribution in [3.63, 3.8) is 0 Å². The van der Waals surface area contributed by atoms with Gasteiger partial charge in [0.25, 0.3) is 0 Å². The van der Waals surface area contributed by atoms with Crippen molar-refractivity contribution in [3.05, 3.63) is 29.3 Å². The first-order valence-corrected chi connectivity index (χ1v) is 6.12. The number of hydrogen-bond acceptors (Lipinski definition) is 4. The second kappa shape index (κ2) is 6.75. The van der Waals surface area contributed by atoms with E-state index in [1.165, 1.54) is 12.1 Å². The molecule has 6 heteroatoms. The summed E-state index contributed by atoms with van der Waals surface area (Å²) in [6.45, 7) is 1.89. The van der Waals surface area contributed by atoms with Crippen LogP contribution in [0.3, 0.4) is 0 Å². The molecule has 1 fully saturated rings. The van der Waals surface area contributed by atoms with Crippen LogP contribution in [0.25, 0.3) is 0 Å². The number of carboxylic acids is 1.